The summed E-state index contributed by atoms with van der Waals surface area (Å²) in [6.07, 6.45) is 10.2. The molecule has 0 aromatic heterocycles. The average molecular weight is 474 g/mol. The van der Waals surface area contributed by atoms with Gasteiger partial charge in [0.05, 0.1) is 12.0 Å². The molecule has 192 valence electrons. The maximum absolute atomic E-state index is 13.3. The lowest BCUT2D eigenvalue weighted by molar-refractivity contribution is -0.128. The highest BCUT2D eigenvalue weighted by Gasteiger charge is 2.46. The van der Waals surface area contributed by atoms with Crippen molar-refractivity contribution in [2.24, 2.45) is 29.6 Å². The van der Waals surface area contributed by atoms with Crippen LogP contribution in [0.1, 0.15) is 71.6 Å². The van der Waals surface area contributed by atoms with E-state index in [9.17, 15) is 9.59 Å². The predicted molar refractivity (Wildman–Crippen MR) is 134 cm³/mol. The number of carbonyl (C=O) groups excluding carboxylic acids is 2. The monoisotopic (exact) mass is 473 g/mol. The third-order valence-electron chi connectivity index (χ3n) is 9.73. The minimum Gasteiger partial charge on any atom is -0.353 e. The van der Waals surface area contributed by atoms with Gasteiger partial charge in [0.2, 0.25) is 11.8 Å². The van der Waals surface area contributed by atoms with Gasteiger partial charge in [0.15, 0.2) is 0 Å². The van der Waals surface area contributed by atoms with E-state index >= 15 is 0 Å². The van der Waals surface area contributed by atoms with Gasteiger partial charge in [-0.3, -0.25) is 9.59 Å². The van der Waals surface area contributed by atoms with Crippen LogP contribution in [0.15, 0.2) is 0 Å². The molecule has 3 heterocycles. The van der Waals surface area contributed by atoms with Crippen molar-refractivity contribution in [2.45, 2.75) is 102 Å². The van der Waals surface area contributed by atoms with Gasteiger partial charge < -0.3 is 26.2 Å². The molecule has 2 aliphatic carbocycles. The normalized spacial score (nSPS) is 40.4. The van der Waals surface area contributed by atoms with Crippen molar-refractivity contribution >= 4 is 11.8 Å². The van der Waals surface area contributed by atoms with Crippen molar-refractivity contribution < 1.29 is 9.59 Å². The summed E-state index contributed by atoms with van der Waals surface area (Å²) in [4.78, 5) is 28.6. The van der Waals surface area contributed by atoms with Gasteiger partial charge in [0, 0.05) is 30.7 Å². The molecular formula is C27H47N5O2. The Morgan fingerprint density at radius 2 is 1.71 bits per heavy atom. The van der Waals surface area contributed by atoms with E-state index in [1.54, 1.807) is 0 Å². The fourth-order valence-electron chi connectivity index (χ4n) is 7.41. The molecule has 4 N–H and O–H groups in total. The van der Waals surface area contributed by atoms with Gasteiger partial charge in [0.25, 0.3) is 0 Å². The van der Waals surface area contributed by atoms with E-state index in [0.717, 1.165) is 45.3 Å². The lowest BCUT2D eigenvalue weighted by atomic mass is 9.78. The second-order valence-corrected chi connectivity index (χ2v) is 12.5. The number of amides is 2. The maximum atomic E-state index is 13.3. The standard InChI is InChI=1S/C27H47N5O2/c1-16-5-4-6-19-14-22(30-23(16)19)27(34)31-25(18-7-8-18)24-17(2)13-20(15-28-24)26(33)29-21-9-11-32(3)12-10-21/h16-25,28,30H,4-15H2,1-3H3,(H,29,33)(H,31,34). The molecule has 3 saturated heterocycles. The summed E-state index contributed by atoms with van der Waals surface area (Å²) >= 11 is 0. The van der Waals surface area contributed by atoms with Crippen molar-refractivity contribution in [3.63, 3.8) is 0 Å². The number of piperidine rings is 2. The van der Waals surface area contributed by atoms with E-state index < -0.39 is 0 Å². The molecule has 7 nitrogen and oxygen atoms in total. The van der Waals surface area contributed by atoms with Crippen molar-refractivity contribution in [3.05, 3.63) is 0 Å². The van der Waals surface area contributed by atoms with Crippen molar-refractivity contribution in [2.75, 3.05) is 26.7 Å². The fourth-order valence-corrected chi connectivity index (χ4v) is 7.41. The molecule has 2 amide bonds. The second kappa shape index (κ2) is 10.4. The lowest BCUT2D eigenvalue weighted by Gasteiger charge is -2.40. The Kier molecular flexibility index (Phi) is 7.52. The summed E-state index contributed by atoms with van der Waals surface area (Å²) in [7, 11) is 2.15. The van der Waals surface area contributed by atoms with E-state index in [1.165, 1.54) is 32.1 Å². The number of nitrogens with zero attached hydrogens (tertiary/aromatic N) is 1. The summed E-state index contributed by atoms with van der Waals surface area (Å²) in [6.45, 7) is 7.44. The summed E-state index contributed by atoms with van der Waals surface area (Å²) in [6, 6.07) is 1.23. The minimum absolute atomic E-state index is 0.0302. The minimum atomic E-state index is -0.0382. The van der Waals surface area contributed by atoms with E-state index in [-0.39, 0.29) is 35.9 Å². The van der Waals surface area contributed by atoms with Gasteiger partial charge in [-0.2, -0.15) is 0 Å². The molecule has 5 rings (SSSR count). The molecule has 0 spiro atoms. The highest BCUT2D eigenvalue weighted by molar-refractivity contribution is 5.82. The zero-order valence-electron chi connectivity index (χ0n) is 21.5. The number of likely N-dealkylation sites (tertiary alicyclic amines) is 1. The molecule has 7 heteroatoms. The fraction of sp³-hybridized carbons (Fsp3) is 0.926. The van der Waals surface area contributed by atoms with Crippen LogP contribution in [0.4, 0.5) is 0 Å². The van der Waals surface area contributed by atoms with Crippen LogP contribution < -0.4 is 21.3 Å². The number of hydrogen-bond donors (Lipinski definition) is 4. The second-order valence-electron chi connectivity index (χ2n) is 12.5. The van der Waals surface area contributed by atoms with Gasteiger partial charge in [0.1, 0.15) is 0 Å². The van der Waals surface area contributed by atoms with Crippen LogP contribution in [0.2, 0.25) is 0 Å². The van der Waals surface area contributed by atoms with Crippen molar-refractivity contribution in [3.8, 4) is 0 Å². The Morgan fingerprint density at radius 3 is 2.38 bits per heavy atom. The molecule has 5 fully saturated rings. The van der Waals surface area contributed by atoms with Crippen LogP contribution in [0.3, 0.4) is 0 Å². The lowest BCUT2D eigenvalue weighted by Crippen LogP contribution is -2.61. The van der Waals surface area contributed by atoms with Crippen LogP contribution >= 0.6 is 0 Å². The molecule has 0 aromatic rings. The zero-order chi connectivity index (χ0) is 23.8. The molecule has 8 atom stereocenters. The Morgan fingerprint density at radius 1 is 0.941 bits per heavy atom. The van der Waals surface area contributed by atoms with Gasteiger partial charge in [-0.15, -0.1) is 0 Å². The highest BCUT2D eigenvalue weighted by atomic mass is 16.2. The summed E-state index contributed by atoms with van der Waals surface area (Å²) in [5, 5.41) is 14.2. The maximum Gasteiger partial charge on any atom is 0.237 e. The predicted octanol–water partition coefficient (Wildman–Crippen LogP) is 1.87. The number of nitrogens with one attached hydrogen (secondary N) is 4. The molecule has 0 radical (unpaired) electrons. The van der Waals surface area contributed by atoms with E-state index in [0.29, 0.717) is 35.8 Å². The Hall–Kier alpha value is -1.18. The van der Waals surface area contributed by atoms with Gasteiger partial charge in [-0.05, 0) is 95.2 Å². The molecule has 3 aliphatic heterocycles. The van der Waals surface area contributed by atoms with Gasteiger partial charge in [-0.1, -0.05) is 20.3 Å². The van der Waals surface area contributed by atoms with Gasteiger partial charge >= 0.3 is 0 Å². The summed E-state index contributed by atoms with van der Waals surface area (Å²) in [5.41, 5.74) is 0. The topological polar surface area (TPSA) is 85.5 Å². The van der Waals surface area contributed by atoms with Crippen LogP contribution in [-0.4, -0.2) is 73.6 Å². The average Bonchev–Trinajstić information content (AvgIpc) is 3.56. The Balaban J connectivity index is 1.14. The van der Waals surface area contributed by atoms with Crippen LogP contribution in [-0.2, 0) is 9.59 Å². The number of carbonyl (C=O) groups is 2. The Bertz CT molecular complexity index is 735. The summed E-state index contributed by atoms with van der Waals surface area (Å²) in [5.74, 6) is 2.73. The summed E-state index contributed by atoms with van der Waals surface area (Å²) < 4.78 is 0. The van der Waals surface area contributed by atoms with E-state index in [2.05, 4.69) is 47.1 Å². The number of hydrogen-bond acceptors (Lipinski definition) is 5. The van der Waals surface area contributed by atoms with Crippen molar-refractivity contribution in [1.29, 1.82) is 0 Å². The van der Waals surface area contributed by atoms with Crippen LogP contribution in [0.5, 0.6) is 0 Å². The highest BCUT2D eigenvalue weighted by Crippen LogP contribution is 2.39. The zero-order valence-corrected chi connectivity index (χ0v) is 21.5. The number of rotatable bonds is 6. The van der Waals surface area contributed by atoms with E-state index in [1.807, 2.05) is 0 Å². The quantitative estimate of drug-likeness (QED) is 0.473. The molecular weight excluding hydrogens is 426 g/mol. The van der Waals surface area contributed by atoms with Crippen LogP contribution in [0.25, 0.3) is 0 Å². The Labute approximate surface area is 205 Å². The first kappa shape index (κ1) is 24.5. The first-order chi connectivity index (χ1) is 16.4. The molecule has 8 unspecified atom stereocenters. The van der Waals surface area contributed by atoms with E-state index in [4.69, 9.17) is 0 Å². The van der Waals surface area contributed by atoms with Crippen molar-refractivity contribution in [1.82, 2.24) is 26.2 Å². The number of fused-ring (bicyclic) bond motifs is 1. The smallest absolute Gasteiger partial charge is 0.237 e. The molecule has 2 saturated carbocycles. The third-order valence-corrected chi connectivity index (χ3v) is 9.73. The first-order valence-corrected chi connectivity index (χ1v) is 14.2. The molecule has 0 bridgehead atoms. The third kappa shape index (κ3) is 5.46. The first-order valence-electron chi connectivity index (χ1n) is 14.2. The SMILES string of the molecule is CC1CCCC2CC(C(=O)NC(C3CC3)C3NCC(C(=O)NC4CCN(C)CC4)CC3C)NC12. The molecule has 34 heavy (non-hydrogen) atoms. The van der Waals surface area contributed by atoms with Gasteiger partial charge in [-0.25, -0.2) is 0 Å². The van der Waals surface area contributed by atoms with Crippen LogP contribution in [0, 0.1) is 29.6 Å². The molecule has 5 aliphatic rings. The molecule has 0 aromatic carbocycles. The largest absolute Gasteiger partial charge is 0.353 e.